The largest absolute Gasteiger partial charge is 0.305 e. The zero-order valence-corrected chi connectivity index (χ0v) is 22.8. The molecule has 0 bridgehead atoms. The third-order valence-electron chi connectivity index (χ3n) is 7.50. The zero-order valence-electron chi connectivity index (χ0n) is 21.2. The Hall–Kier alpha value is -0.910. The summed E-state index contributed by atoms with van der Waals surface area (Å²) in [5.41, 5.74) is -0.468. The fraction of sp³-hybridized carbons (Fsp3) is 0.731. The number of carbonyl (C=O) groups excluding carboxylic acids is 1. The van der Waals surface area contributed by atoms with Crippen LogP contribution in [0, 0.1) is 0 Å². The number of halogens is 2. The van der Waals surface area contributed by atoms with Gasteiger partial charge in [-0.25, -0.2) is 19.5 Å². The molecule has 0 aromatic carbocycles. The lowest BCUT2D eigenvalue weighted by Crippen LogP contribution is -2.91. The van der Waals surface area contributed by atoms with Crippen LogP contribution in [0.5, 0.6) is 0 Å². The van der Waals surface area contributed by atoms with Gasteiger partial charge in [0.05, 0.1) is 6.04 Å². The summed E-state index contributed by atoms with van der Waals surface area (Å²) in [6.45, 7) is 9.49. The van der Waals surface area contributed by atoms with Crippen LogP contribution in [0.3, 0.4) is 0 Å². The van der Waals surface area contributed by atoms with Gasteiger partial charge in [0.2, 0.25) is 0 Å². The highest BCUT2D eigenvalue weighted by molar-refractivity contribution is 8.03. The Kier molecular flexibility index (Phi) is 12.3. The number of hydrogen-bond acceptors (Lipinski definition) is 6. The van der Waals surface area contributed by atoms with Crippen LogP contribution in [0.15, 0.2) is 36.3 Å². The fourth-order valence-electron chi connectivity index (χ4n) is 5.24. The summed E-state index contributed by atoms with van der Waals surface area (Å²) < 4.78 is 31.0. The van der Waals surface area contributed by atoms with E-state index in [9.17, 15) is 18.8 Å². The first kappa shape index (κ1) is 29.6. The Labute approximate surface area is 223 Å². The summed E-state index contributed by atoms with van der Waals surface area (Å²) in [5.74, 6) is 0.334. The summed E-state index contributed by atoms with van der Waals surface area (Å²) in [6.07, 6.45) is 11.3. The maximum absolute atomic E-state index is 14.9. The van der Waals surface area contributed by atoms with Crippen LogP contribution >= 0.6 is 23.7 Å². The van der Waals surface area contributed by atoms with Gasteiger partial charge in [-0.15, -0.1) is 11.8 Å². The molecule has 4 atom stereocenters. The normalized spacial score (nSPS) is 28.2. The molecule has 3 aliphatic rings. The third kappa shape index (κ3) is 8.84. The SMILES string of the molecule is C=C/C=C(\C=C)SCC(CCN1CC(F)C1)NC1CCC(SNC(=O)C2(F)CCCCC2)CC1[NH2+]O. The van der Waals surface area contributed by atoms with E-state index in [1.54, 1.807) is 17.8 Å². The highest BCUT2D eigenvalue weighted by Crippen LogP contribution is 2.34. The van der Waals surface area contributed by atoms with Crippen molar-refractivity contribution < 1.29 is 24.3 Å². The molecule has 0 spiro atoms. The molecule has 0 radical (unpaired) electrons. The van der Waals surface area contributed by atoms with Crippen molar-refractivity contribution in [2.45, 2.75) is 93.0 Å². The number of quaternary nitrogens is 1. The number of nitrogens with two attached hydrogens (primary N) is 1. The van der Waals surface area contributed by atoms with E-state index >= 15 is 0 Å². The van der Waals surface area contributed by atoms with Crippen molar-refractivity contribution in [3.8, 4) is 0 Å². The molecule has 1 amide bonds. The number of nitrogens with one attached hydrogen (secondary N) is 2. The lowest BCUT2D eigenvalue weighted by atomic mass is 9.86. The number of hydroxylamine groups is 1. The van der Waals surface area contributed by atoms with Gasteiger partial charge in [0, 0.05) is 41.5 Å². The van der Waals surface area contributed by atoms with Gasteiger partial charge in [0.15, 0.2) is 5.67 Å². The quantitative estimate of drug-likeness (QED) is 0.152. The minimum atomic E-state index is -1.74. The number of amides is 1. The molecule has 5 N–H and O–H groups in total. The fourth-order valence-corrected chi connectivity index (χ4v) is 7.24. The van der Waals surface area contributed by atoms with Gasteiger partial charge in [-0.2, -0.15) is 0 Å². The molecule has 6 nitrogen and oxygen atoms in total. The van der Waals surface area contributed by atoms with E-state index in [2.05, 4.69) is 28.1 Å². The predicted octanol–water partition coefficient (Wildman–Crippen LogP) is 3.66. The molecule has 2 saturated carbocycles. The van der Waals surface area contributed by atoms with Gasteiger partial charge in [0.1, 0.15) is 12.2 Å². The number of hydrogen-bond donors (Lipinski definition) is 4. The van der Waals surface area contributed by atoms with E-state index in [0.29, 0.717) is 32.4 Å². The number of alkyl halides is 2. The van der Waals surface area contributed by atoms with E-state index in [4.69, 9.17) is 0 Å². The van der Waals surface area contributed by atoms with Crippen LogP contribution in [0.1, 0.15) is 57.8 Å². The standard InChI is InChI=1S/C26H42F2N4O2S2/c1-3-8-21(4-2)35-18-20(11-14-32-16-19(27)17-32)29-23-10-9-22(15-24(23)30-34)36-31-25(33)26(28)12-6-5-7-13-26/h3-4,8,19-20,22-24,29-30,34H,1-2,5-7,9-18H2,(H,31,33)/p+1/b21-8+. The number of rotatable bonds is 14. The highest BCUT2D eigenvalue weighted by Gasteiger charge is 2.41. The van der Waals surface area contributed by atoms with Crippen molar-refractivity contribution in [1.82, 2.24) is 14.9 Å². The molecule has 1 saturated heterocycles. The molecule has 10 heteroatoms. The first-order valence-corrected chi connectivity index (χ1v) is 15.1. The van der Waals surface area contributed by atoms with Crippen molar-refractivity contribution in [3.63, 3.8) is 0 Å². The highest BCUT2D eigenvalue weighted by atomic mass is 32.2. The van der Waals surface area contributed by atoms with Crippen molar-refractivity contribution >= 4 is 29.6 Å². The Bertz CT molecular complexity index is 760. The summed E-state index contributed by atoms with van der Waals surface area (Å²) >= 11 is 3.02. The Morgan fingerprint density at radius 1 is 1.25 bits per heavy atom. The van der Waals surface area contributed by atoms with Gasteiger partial charge in [0.25, 0.3) is 5.91 Å². The van der Waals surface area contributed by atoms with E-state index < -0.39 is 17.7 Å². The van der Waals surface area contributed by atoms with Crippen molar-refractivity contribution in [2.24, 2.45) is 0 Å². The molecule has 4 unspecified atom stereocenters. The van der Waals surface area contributed by atoms with Gasteiger partial charge in [-0.1, -0.05) is 31.7 Å². The van der Waals surface area contributed by atoms with Crippen LogP contribution in [-0.2, 0) is 4.79 Å². The average Bonchev–Trinajstić information content (AvgIpc) is 2.87. The minimum Gasteiger partial charge on any atom is -0.305 e. The molecule has 204 valence electrons. The summed E-state index contributed by atoms with van der Waals surface area (Å²) in [6, 6.07) is 0.243. The maximum Gasteiger partial charge on any atom is 0.267 e. The Morgan fingerprint density at radius 3 is 2.64 bits per heavy atom. The minimum absolute atomic E-state index is 0.0588. The number of thioether (sulfide) groups is 1. The predicted molar refractivity (Wildman–Crippen MR) is 145 cm³/mol. The first-order chi connectivity index (χ1) is 17.4. The topological polar surface area (TPSA) is 81.2 Å². The number of carbonyl (C=O) groups is 1. The van der Waals surface area contributed by atoms with Crippen LogP contribution in [0.25, 0.3) is 0 Å². The second-order valence-electron chi connectivity index (χ2n) is 10.3. The molecule has 0 aromatic heterocycles. The lowest BCUT2D eigenvalue weighted by molar-refractivity contribution is -0.912. The maximum atomic E-state index is 14.9. The smallest absolute Gasteiger partial charge is 0.267 e. The molecular formula is C26H43F2N4O2S2+. The van der Waals surface area contributed by atoms with E-state index in [0.717, 1.165) is 55.7 Å². The van der Waals surface area contributed by atoms with Crippen LogP contribution < -0.4 is 15.5 Å². The summed E-state index contributed by atoms with van der Waals surface area (Å²) in [7, 11) is 0. The van der Waals surface area contributed by atoms with Gasteiger partial charge >= 0.3 is 0 Å². The lowest BCUT2D eigenvalue weighted by Gasteiger charge is -2.38. The van der Waals surface area contributed by atoms with E-state index in [1.807, 2.05) is 12.2 Å². The average molecular weight is 546 g/mol. The molecular weight excluding hydrogens is 502 g/mol. The molecule has 3 fully saturated rings. The molecule has 36 heavy (non-hydrogen) atoms. The summed E-state index contributed by atoms with van der Waals surface area (Å²) in [5, 5.41) is 13.9. The number of nitrogens with zero attached hydrogens (tertiary/aromatic N) is 1. The molecule has 1 heterocycles. The zero-order chi connectivity index (χ0) is 26.0. The second-order valence-corrected chi connectivity index (χ2v) is 12.5. The third-order valence-corrected chi connectivity index (χ3v) is 9.77. The van der Waals surface area contributed by atoms with Gasteiger partial charge in [-0.3, -0.25) is 14.4 Å². The van der Waals surface area contributed by atoms with Crippen molar-refractivity contribution in [3.05, 3.63) is 36.3 Å². The molecule has 0 aromatic rings. The van der Waals surface area contributed by atoms with Gasteiger partial charge in [-0.05, 0) is 69.5 Å². The number of likely N-dealkylation sites (tertiary alicyclic amines) is 1. The van der Waals surface area contributed by atoms with E-state index in [-0.39, 0.29) is 23.4 Å². The molecule has 2 aliphatic carbocycles. The summed E-state index contributed by atoms with van der Waals surface area (Å²) in [4.78, 5) is 15.7. The van der Waals surface area contributed by atoms with Gasteiger partial charge < -0.3 is 5.32 Å². The first-order valence-electron chi connectivity index (χ1n) is 13.2. The molecule has 1 aliphatic heterocycles. The van der Waals surface area contributed by atoms with Crippen LogP contribution in [-0.4, -0.2) is 76.6 Å². The van der Waals surface area contributed by atoms with Crippen molar-refractivity contribution in [2.75, 3.05) is 25.4 Å². The molecule has 3 rings (SSSR count). The second kappa shape index (κ2) is 14.9. The van der Waals surface area contributed by atoms with Crippen LogP contribution in [0.4, 0.5) is 8.78 Å². The van der Waals surface area contributed by atoms with E-state index in [1.165, 1.54) is 17.4 Å². The Morgan fingerprint density at radius 2 is 2.00 bits per heavy atom. The van der Waals surface area contributed by atoms with Crippen LogP contribution in [0.2, 0.25) is 0 Å². The Balaban J connectivity index is 1.50. The van der Waals surface area contributed by atoms with Crippen molar-refractivity contribution in [1.29, 1.82) is 0 Å². The monoisotopic (exact) mass is 545 g/mol. The number of allylic oxidation sites excluding steroid dienone is 3.